The van der Waals surface area contributed by atoms with Gasteiger partial charge in [-0.3, -0.25) is 0 Å². The first-order chi connectivity index (χ1) is 13.1. The quantitative estimate of drug-likeness (QED) is 0.575. The first-order valence-corrected chi connectivity index (χ1v) is 8.06. The molecule has 7 nitrogen and oxygen atoms in total. The Morgan fingerprint density at radius 1 is 0.852 bits per heavy atom. The van der Waals surface area contributed by atoms with Crippen molar-refractivity contribution in [3.05, 3.63) is 53.2 Å². The van der Waals surface area contributed by atoms with Crippen molar-refractivity contribution in [2.75, 3.05) is 28.4 Å². The maximum Gasteiger partial charge on any atom is 0.363 e. The molecule has 0 saturated carbocycles. The molecule has 0 amide bonds. The Hall–Kier alpha value is -3.48. The van der Waals surface area contributed by atoms with E-state index >= 15 is 0 Å². The molecule has 0 saturated heterocycles. The largest absolute Gasteiger partial charge is 0.497 e. The lowest BCUT2D eigenvalue weighted by molar-refractivity contribution is -0.129. The van der Waals surface area contributed by atoms with E-state index in [1.807, 2.05) is 0 Å². The monoisotopic (exact) mass is 369 g/mol. The zero-order valence-electron chi connectivity index (χ0n) is 15.4. The van der Waals surface area contributed by atoms with Crippen LogP contribution in [-0.4, -0.2) is 40.3 Å². The molecule has 140 valence electrons. The summed E-state index contributed by atoms with van der Waals surface area (Å²) in [6, 6.07) is 10.5. The lowest BCUT2D eigenvalue weighted by atomic mass is 10.1. The molecule has 0 radical (unpaired) electrons. The first-order valence-electron chi connectivity index (χ1n) is 8.06. The van der Waals surface area contributed by atoms with Gasteiger partial charge in [-0.05, 0) is 36.4 Å². The fourth-order valence-electron chi connectivity index (χ4n) is 2.58. The molecular weight excluding hydrogens is 350 g/mol. The highest BCUT2D eigenvalue weighted by atomic mass is 16.6. The van der Waals surface area contributed by atoms with Gasteiger partial charge in [-0.25, -0.2) is 9.79 Å². The van der Waals surface area contributed by atoms with Crippen LogP contribution >= 0.6 is 0 Å². The van der Waals surface area contributed by atoms with Crippen LogP contribution in [0.25, 0.3) is 6.08 Å². The predicted molar refractivity (Wildman–Crippen MR) is 99.7 cm³/mol. The van der Waals surface area contributed by atoms with Crippen molar-refractivity contribution < 1.29 is 28.5 Å². The van der Waals surface area contributed by atoms with E-state index < -0.39 is 5.97 Å². The van der Waals surface area contributed by atoms with E-state index in [4.69, 9.17) is 23.7 Å². The predicted octanol–water partition coefficient (Wildman–Crippen LogP) is 3.07. The third-order valence-corrected chi connectivity index (χ3v) is 3.99. The van der Waals surface area contributed by atoms with Crippen LogP contribution in [0.3, 0.4) is 0 Å². The van der Waals surface area contributed by atoms with Gasteiger partial charge in [-0.2, -0.15) is 0 Å². The zero-order valence-corrected chi connectivity index (χ0v) is 15.4. The molecule has 0 unspecified atom stereocenters. The molecule has 0 aromatic heterocycles. The summed E-state index contributed by atoms with van der Waals surface area (Å²) in [6.45, 7) is 0. The molecule has 0 bridgehead atoms. The number of hydrogen-bond donors (Lipinski definition) is 0. The minimum atomic E-state index is -0.544. The van der Waals surface area contributed by atoms with Gasteiger partial charge in [0.15, 0.2) is 17.2 Å². The lowest BCUT2D eigenvalue weighted by Crippen LogP contribution is -2.05. The van der Waals surface area contributed by atoms with Crippen molar-refractivity contribution in [2.45, 2.75) is 0 Å². The van der Waals surface area contributed by atoms with Crippen LogP contribution in [0.15, 0.2) is 47.1 Å². The fourth-order valence-corrected chi connectivity index (χ4v) is 2.58. The molecule has 7 heteroatoms. The minimum Gasteiger partial charge on any atom is -0.497 e. The van der Waals surface area contributed by atoms with Gasteiger partial charge in [0.25, 0.3) is 0 Å². The van der Waals surface area contributed by atoms with E-state index in [0.717, 1.165) is 0 Å². The maximum absolute atomic E-state index is 12.2. The van der Waals surface area contributed by atoms with Gasteiger partial charge in [-0.15, -0.1) is 0 Å². The summed E-state index contributed by atoms with van der Waals surface area (Å²) in [6.07, 6.45) is 1.58. The van der Waals surface area contributed by atoms with Crippen molar-refractivity contribution in [3.8, 4) is 23.0 Å². The van der Waals surface area contributed by atoms with E-state index in [1.165, 1.54) is 21.3 Å². The van der Waals surface area contributed by atoms with E-state index in [9.17, 15) is 4.79 Å². The Morgan fingerprint density at radius 2 is 1.48 bits per heavy atom. The number of hydrogen-bond acceptors (Lipinski definition) is 7. The van der Waals surface area contributed by atoms with Crippen LogP contribution in [0.4, 0.5) is 0 Å². The summed E-state index contributed by atoms with van der Waals surface area (Å²) in [7, 11) is 6.18. The van der Waals surface area contributed by atoms with Gasteiger partial charge in [0, 0.05) is 17.2 Å². The molecule has 1 aliphatic heterocycles. The molecule has 1 aliphatic rings. The number of esters is 1. The Bertz CT molecular complexity index is 915. The number of carbonyl (C=O) groups excluding carboxylic acids is 1. The molecule has 0 fully saturated rings. The molecular formula is C20H19NO6. The van der Waals surface area contributed by atoms with Crippen molar-refractivity contribution in [1.29, 1.82) is 0 Å². The Balaban J connectivity index is 1.98. The second-order valence-electron chi connectivity index (χ2n) is 5.51. The van der Waals surface area contributed by atoms with Crippen LogP contribution < -0.4 is 18.9 Å². The van der Waals surface area contributed by atoms with E-state index in [2.05, 4.69) is 4.99 Å². The number of cyclic esters (lactones) is 1. The number of nitrogens with zero attached hydrogens (tertiary/aromatic N) is 1. The number of carbonyl (C=O) groups is 1. The summed E-state index contributed by atoms with van der Waals surface area (Å²) in [5.74, 6) is 1.94. The van der Waals surface area contributed by atoms with Gasteiger partial charge in [0.05, 0.1) is 28.4 Å². The smallest absolute Gasteiger partial charge is 0.363 e. The normalized spacial score (nSPS) is 14.6. The summed E-state index contributed by atoms with van der Waals surface area (Å²) in [4.78, 5) is 16.5. The third kappa shape index (κ3) is 3.72. The Labute approximate surface area is 156 Å². The van der Waals surface area contributed by atoms with Crippen LogP contribution in [0.2, 0.25) is 0 Å². The van der Waals surface area contributed by atoms with E-state index in [-0.39, 0.29) is 11.6 Å². The number of benzene rings is 2. The van der Waals surface area contributed by atoms with Crippen LogP contribution in [0, 0.1) is 0 Å². The van der Waals surface area contributed by atoms with Crippen molar-refractivity contribution in [2.24, 2.45) is 4.99 Å². The molecule has 0 atom stereocenters. The topological polar surface area (TPSA) is 75.6 Å². The molecule has 1 heterocycles. The van der Waals surface area contributed by atoms with Crippen LogP contribution in [-0.2, 0) is 9.53 Å². The van der Waals surface area contributed by atoms with Crippen molar-refractivity contribution in [3.63, 3.8) is 0 Å². The number of aliphatic imine (C=N–C) groups is 1. The van der Waals surface area contributed by atoms with Gasteiger partial charge >= 0.3 is 5.97 Å². The SMILES string of the molecule is COc1ccc(C2=N/C(=C\c3cc(OC)c(OC)cc3OC)C(=O)O2)cc1. The average Bonchev–Trinajstić information content (AvgIpc) is 3.08. The third-order valence-electron chi connectivity index (χ3n) is 3.99. The van der Waals surface area contributed by atoms with Crippen molar-refractivity contribution in [1.82, 2.24) is 0 Å². The highest BCUT2D eigenvalue weighted by molar-refractivity contribution is 6.13. The van der Waals surface area contributed by atoms with Crippen LogP contribution in [0.1, 0.15) is 11.1 Å². The lowest BCUT2D eigenvalue weighted by Gasteiger charge is -2.12. The highest BCUT2D eigenvalue weighted by Gasteiger charge is 2.25. The molecule has 27 heavy (non-hydrogen) atoms. The summed E-state index contributed by atoms with van der Waals surface area (Å²) >= 11 is 0. The standard InChI is InChI=1S/C20H19NO6/c1-23-14-7-5-12(6-8-14)19-21-15(20(22)27-19)9-13-10-17(25-3)18(26-4)11-16(13)24-2/h5-11H,1-4H3/b15-9-. The second kappa shape index (κ2) is 7.82. The number of rotatable bonds is 6. The molecule has 0 N–H and O–H groups in total. The second-order valence-corrected chi connectivity index (χ2v) is 5.51. The Morgan fingerprint density at radius 3 is 2.07 bits per heavy atom. The van der Waals surface area contributed by atoms with Crippen LogP contribution in [0.5, 0.6) is 23.0 Å². The van der Waals surface area contributed by atoms with Crippen molar-refractivity contribution >= 4 is 17.9 Å². The fraction of sp³-hybridized carbons (Fsp3) is 0.200. The molecule has 0 aliphatic carbocycles. The summed E-state index contributed by atoms with van der Waals surface area (Å²) in [5, 5.41) is 0. The highest BCUT2D eigenvalue weighted by Crippen LogP contribution is 2.36. The van der Waals surface area contributed by atoms with Gasteiger partial charge < -0.3 is 23.7 Å². The van der Waals surface area contributed by atoms with Gasteiger partial charge in [0.2, 0.25) is 5.90 Å². The molecule has 2 aromatic rings. The molecule has 0 spiro atoms. The maximum atomic E-state index is 12.2. The molecule has 2 aromatic carbocycles. The average molecular weight is 369 g/mol. The minimum absolute atomic E-state index is 0.159. The van der Waals surface area contributed by atoms with E-state index in [1.54, 1.807) is 49.6 Å². The zero-order chi connectivity index (χ0) is 19.4. The summed E-state index contributed by atoms with van der Waals surface area (Å²) in [5.41, 5.74) is 1.44. The molecule has 3 rings (SSSR count). The number of methoxy groups -OCH3 is 4. The first kappa shape index (κ1) is 18.3. The Kier molecular flexibility index (Phi) is 5.30. The van der Waals surface area contributed by atoms with Gasteiger partial charge in [-0.1, -0.05) is 0 Å². The number of ether oxygens (including phenoxy) is 5. The van der Waals surface area contributed by atoms with E-state index in [0.29, 0.717) is 34.1 Å². The van der Waals surface area contributed by atoms with Gasteiger partial charge in [0.1, 0.15) is 11.5 Å². The summed E-state index contributed by atoms with van der Waals surface area (Å²) < 4.78 is 26.4.